The zero-order valence-corrected chi connectivity index (χ0v) is 26.9. The van der Waals surface area contributed by atoms with Crippen molar-refractivity contribution in [1.29, 1.82) is 0 Å². The van der Waals surface area contributed by atoms with Crippen LogP contribution in [-0.2, 0) is 18.7 Å². The highest BCUT2D eigenvalue weighted by molar-refractivity contribution is 6.99. The number of nitrogens with zero attached hydrogens (tertiary/aromatic N) is 2. The third-order valence-electron chi connectivity index (χ3n) is 7.88. The van der Waals surface area contributed by atoms with Crippen LogP contribution in [0.2, 0.25) is 5.04 Å². The number of anilines is 1. The Morgan fingerprint density at radius 2 is 1.48 bits per heavy atom. The summed E-state index contributed by atoms with van der Waals surface area (Å²) in [5.41, 5.74) is -0.766. The molecule has 4 aromatic rings. The molecule has 3 aromatic carbocycles. The van der Waals surface area contributed by atoms with E-state index in [9.17, 15) is 14.4 Å². The highest BCUT2D eigenvalue weighted by Gasteiger charge is 2.63. The number of halogens is 2. The average Bonchev–Trinajstić information content (AvgIpc) is 3.26. The van der Waals surface area contributed by atoms with Gasteiger partial charge < -0.3 is 19.2 Å². The van der Waals surface area contributed by atoms with Gasteiger partial charge in [-0.05, 0) is 33.6 Å². The first-order valence-corrected chi connectivity index (χ1v) is 16.7. The average molecular weight is 648 g/mol. The number of amides is 1. The molecule has 1 amide bonds. The number of hydrogen-bond donors (Lipinski definition) is 1. The molecule has 0 radical (unpaired) electrons. The van der Waals surface area contributed by atoms with Gasteiger partial charge in [0.05, 0.1) is 6.61 Å². The summed E-state index contributed by atoms with van der Waals surface area (Å²) >= 11 is 0. The van der Waals surface area contributed by atoms with Crippen LogP contribution in [0.25, 0.3) is 0 Å². The second kappa shape index (κ2) is 13.1. The molecule has 0 aliphatic carbocycles. The van der Waals surface area contributed by atoms with Crippen LogP contribution in [0.3, 0.4) is 0 Å². The van der Waals surface area contributed by atoms with E-state index in [2.05, 4.69) is 10.3 Å². The number of alkyl halides is 2. The highest BCUT2D eigenvalue weighted by atomic mass is 28.4. The molecular weight excluding hydrogens is 612 g/mol. The Hall–Kier alpha value is -4.52. The van der Waals surface area contributed by atoms with Crippen LogP contribution in [0.5, 0.6) is 0 Å². The molecule has 46 heavy (non-hydrogen) atoms. The fourth-order valence-corrected chi connectivity index (χ4v) is 10.4. The molecular formula is C34H35F2N3O6Si. The number of nitrogens with one attached hydrogen (secondary N) is 1. The Bertz CT molecular complexity index is 1690. The maximum Gasteiger partial charge on any atom is 0.351 e. The maximum atomic E-state index is 16.1. The third-order valence-corrected chi connectivity index (χ3v) is 12.9. The molecule has 1 aliphatic rings. The van der Waals surface area contributed by atoms with Crippen LogP contribution in [0, 0.1) is 0 Å². The third kappa shape index (κ3) is 6.41. The van der Waals surface area contributed by atoms with Crippen LogP contribution in [0.1, 0.15) is 44.3 Å². The van der Waals surface area contributed by atoms with Crippen LogP contribution in [-0.4, -0.2) is 54.5 Å². The number of benzene rings is 3. The lowest BCUT2D eigenvalue weighted by atomic mass is 10.1. The number of esters is 1. The minimum atomic E-state index is -3.84. The van der Waals surface area contributed by atoms with Crippen LogP contribution in [0.4, 0.5) is 14.6 Å². The molecule has 12 heteroatoms. The largest absolute Gasteiger partial charge is 0.453 e. The van der Waals surface area contributed by atoms with Gasteiger partial charge in [0.1, 0.15) is 11.9 Å². The highest BCUT2D eigenvalue weighted by Crippen LogP contribution is 2.45. The molecule has 1 fully saturated rings. The van der Waals surface area contributed by atoms with Gasteiger partial charge >= 0.3 is 17.6 Å². The number of hydrogen-bond acceptors (Lipinski definition) is 7. The molecule has 240 valence electrons. The summed E-state index contributed by atoms with van der Waals surface area (Å²) in [7, 11) is -3.18. The van der Waals surface area contributed by atoms with E-state index >= 15 is 8.78 Å². The van der Waals surface area contributed by atoms with Gasteiger partial charge in [0.15, 0.2) is 6.10 Å². The predicted octanol–water partition coefficient (Wildman–Crippen LogP) is 4.54. The quantitative estimate of drug-likeness (QED) is 0.210. The lowest BCUT2D eigenvalue weighted by Crippen LogP contribution is -2.67. The summed E-state index contributed by atoms with van der Waals surface area (Å²) in [6, 6.07) is 28.7. The van der Waals surface area contributed by atoms with E-state index in [-0.39, 0.29) is 12.4 Å². The first-order chi connectivity index (χ1) is 21.8. The number of rotatable bonds is 9. The van der Waals surface area contributed by atoms with Crippen molar-refractivity contribution >= 4 is 36.4 Å². The molecule has 3 unspecified atom stereocenters. The van der Waals surface area contributed by atoms with Crippen molar-refractivity contribution in [2.75, 3.05) is 11.9 Å². The minimum Gasteiger partial charge on any atom is -0.453 e. The zero-order valence-electron chi connectivity index (χ0n) is 25.9. The number of ether oxygens (including phenoxy) is 2. The second-order valence-corrected chi connectivity index (χ2v) is 16.3. The SMILES string of the molecule is CC(=O)OC1C(CO[Si](c2ccccc2)(c2ccccc2)C(C)(C)C)OC(n2ccc(NC(=O)c3ccccc3)nc2=O)C1(F)F. The number of carbonyl (C=O) groups excluding carboxylic acids is 2. The molecule has 1 saturated heterocycles. The molecule has 3 atom stereocenters. The lowest BCUT2D eigenvalue weighted by Gasteiger charge is -2.43. The van der Waals surface area contributed by atoms with Crippen molar-refractivity contribution in [3.8, 4) is 0 Å². The normalized spacial score (nSPS) is 19.4. The molecule has 1 aliphatic heterocycles. The van der Waals surface area contributed by atoms with Gasteiger partial charge in [0.2, 0.25) is 6.23 Å². The molecule has 9 nitrogen and oxygen atoms in total. The monoisotopic (exact) mass is 647 g/mol. The molecule has 1 aromatic heterocycles. The Kier molecular flexibility index (Phi) is 9.33. The van der Waals surface area contributed by atoms with Crippen LogP contribution < -0.4 is 21.4 Å². The fraction of sp³-hybridized carbons (Fsp3) is 0.294. The van der Waals surface area contributed by atoms with Gasteiger partial charge in [-0.1, -0.05) is 99.6 Å². The Morgan fingerprint density at radius 1 is 0.935 bits per heavy atom. The first kappa shape index (κ1) is 32.9. The minimum absolute atomic E-state index is 0.125. The van der Waals surface area contributed by atoms with Crippen molar-refractivity contribution in [1.82, 2.24) is 9.55 Å². The Labute approximate surface area is 266 Å². The molecule has 0 saturated carbocycles. The van der Waals surface area contributed by atoms with Crippen molar-refractivity contribution in [3.05, 3.63) is 119 Å². The zero-order chi connectivity index (χ0) is 33.1. The Balaban J connectivity index is 1.47. The van der Waals surface area contributed by atoms with E-state index in [1.54, 1.807) is 30.3 Å². The standard InChI is InChI=1S/C34H35F2N3O6Si/c1-23(40)44-29-27(22-43-46(33(2,3)4,25-16-10-6-11-17-25)26-18-12-7-13-19-26)45-31(34(29,35)36)39-21-20-28(38-32(39)42)37-30(41)24-14-8-5-9-15-24/h5-21,27,29,31H,22H2,1-4H3,(H,37,38,41,42). The van der Waals surface area contributed by atoms with E-state index in [0.717, 1.165) is 23.5 Å². The molecule has 5 rings (SSSR count). The summed E-state index contributed by atoms with van der Waals surface area (Å²) in [6.07, 6.45) is -4.60. The molecule has 0 spiro atoms. The summed E-state index contributed by atoms with van der Waals surface area (Å²) in [4.78, 5) is 41.4. The summed E-state index contributed by atoms with van der Waals surface area (Å²) < 4.78 is 50.6. The molecule has 0 bridgehead atoms. The first-order valence-electron chi connectivity index (χ1n) is 14.8. The van der Waals surface area contributed by atoms with Gasteiger partial charge in [-0.2, -0.15) is 13.8 Å². The molecule has 2 heterocycles. The van der Waals surface area contributed by atoms with Crippen LogP contribution in [0.15, 0.2) is 108 Å². The van der Waals surface area contributed by atoms with E-state index in [1.165, 1.54) is 6.07 Å². The van der Waals surface area contributed by atoms with Crippen LogP contribution >= 0.6 is 0 Å². The summed E-state index contributed by atoms with van der Waals surface area (Å²) in [5.74, 6) is -5.43. The number of aromatic nitrogens is 2. The summed E-state index contributed by atoms with van der Waals surface area (Å²) in [5, 5.41) is 3.87. The molecule has 1 N–H and O–H groups in total. The van der Waals surface area contributed by atoms with E-state index < -0.39 is 55.3 Å². The van der Waals surface area contributed by atoms with Gasteiger partial charge in [-0.15, -0.1) is 0 Å². The second-order valence-electron chi connectivity index (χ2n) is 12.0. The van der Waals surface area contributed by atoms with Gasteiger partial charge in [0.25, 0.3) is 14.2 Å². The smallest absolute Gasteiger partial charge is 0.351 e. The number of carbonyl (C=O) groups is 2. The van der Waals surface area contributed by atoms with Crippen molar-refractivity contribution in [2.45, 2.75) is 57.1 Å². The Morgan fingerprint density at radius 3 is 1.98 bits per heavy atom. The summed E-state index contributed by atoms with van der Waals surface area (Å²) in [6.45, 7) is 6.79. The topological polar surface area (TPSA) is 109 Å². The van der Waals surface area contributed by atoms with Crippen molar-refractivity contribution < 1.29 is 32.3 Å². The maximum absolute atomic E-state index is 16.1. The fourth-order valence-electron chi connectivity index (χ4n) is 5.83. The van der Waals surface area contributed by atoms with Gasteiger partial charge in [-0.25, -0.2) is 4.79 Å². The van der Waals surface area contributed by atoms with Gasteiger partial charge in [0, 0.05) is 18.7 Å². The predicted molar refractivity (Wildman–Crippen MR) is 171 cm³/mol. The van der Waals surface area contributed by atoms with Crippen molar-refractivity contribution in [2.24, 2.45) is 0 Å². The lowest BCUT2D eigenvalue weighted by molar-refractivity contribution is -0.174. The van der Waals surface area contributed by atoms with Crippen molar-refractivity contribution in [3.63, 3.8) is 0 Å². The van der Waals surface area contributed by atoms with E-state index in [4.69, 9.17) is 13.9 Å². The van der Waals surface area contributed by atoms with E-state index in [0.29, 0.717) is 10.1 Å². The van der Waals surface area contributed by atoms with E-state index in [1.807, 2.05) is 81.4 Å². The van der Waals surface area contributed by atoms with Gasteiger partial charge in [-0.3, -0.25) is 14.2 Å².